The van der Waals surface area contributed by atoms with Gasteiger partial charge in [-0.3, -0.25) is 0 Å². The Bertz CT molecular complexity index is 326. The Morgan fingerprint density at radius 1 is 1.36 bits per heavy atom. The van der Waals surface area contributed by atoms with Crippen LogP contribution in [-0.4, -0.2) is 23.6 Å². The van der Waals surface area contributed by atoms with E-state index in [-0.39, 0.29) is 0 Å². The van der Waals surface area contributed by atoms with Crippen LogP contribution < -0.4 is 4.74 Å². The summed E-state index contributed by atoms with van der Waals surface area (Å²) in [7, 11) is 0. The van der Waals surface area contributed by atoms with Gasteiger partial charge in [0.2, 0.25) is 0 Å². The highest BCUT2D eigenvalue weighted by atomic mass is 32.2. The third-order valence-corrected chi connectivity index (χ3v) is 3.43. The van der Waals surface area contributed by atoms with Crippen LogP contribution in [0.25, 0.3) is 0 Å². The second-order valence-corrected chi connectivity index (χ2v) is 4.87. The van der Waals surface area contributed by atoms with Gasteiger partial charge in [-0.15, -0.1) is 23.5 Å². The standard InChI is InChI=1S/C10H13NOS2/c1-13-8-5-9(12-7-3-4-7)10(14-2)11-6-8/h5-7H,3-4H2,1-2H3. The molecule has 4 heteroatoms. The third-order valence-electron chi connectivity index (χ3n) is 2.04. The number of nitrogens with zero attached hydrogens (tertiary/aromatic N) is 1. The Morgan fingerprint density at radius 3 is 2.71 bits per heavy atom. The molecule has 1 heterocycles. The van der Waals surface area contributed by atoms with Crippen LogP contribution in [0.5, 0.6) is 5.75 Å². The van der Waals surface area contributed by atoms with E-state index in [1.807, 2.05) is 12.5 Å². The zero-order valence-corrected chi connectivity index (χ0v) is 9.95. The molecule has 0 N–H and O–H groups in total. The lowest BCUT2D eigenvalue weighted by Crippen LogP contribution is -1.98. The van der Waals surface area contributed by atoms with Gasteiger partial charge < -0.3 is 4.74 Å². The molecule has 2 nitrogen and oxygen atoms in total. The molecule has 0 saturated heterocycles. The van der Waals surface area contributed by atoms with Crippen LogP contribution >= 0.6 is 23.5 Å². The van der Waals surface area contributed by atoms with Crippen LogP contribution in [0.2, 0.25) is 0 Å². The van der Waals surface area contributed by atoms with Crippen LogP contribution in [0.1, 0.15) is 12.8 Å². The zero-order chi connectivity index (χ0) is 9.97. The van der Waals surface area contributed by atoms with E-state index in [9.17, 15) is 0 Å². The summed E-state index contributed by atoms with van der Waals surface area (Å²) < 4.78 is 5.79. The van der Waals surface area contributed by atoms with Crippen molar-refractivity contribution in [2.75, 3.05) is 12.5 Å². The fourth-order valence-electron chi connectivity index (χ4n) is 1.13. The van der Waals surface area contributed by atoms with Crippen LogP contribution in [0.4, 0.5) is 0 Å². The first kappa shape index (κ1) is 10.2. The largest absolute Gasteiger partial charge is 0.488 e. The van der Waals surface area contributed by atoms with E-state index >= 15 is 0 Å². The number of hydrogen-bond donors (Lipinski definition) is 0. The van der Waals surface area contributed by atoms with Crippen molar-refractivity contribution in [3.05, 3.63) is 12.3 Å². The van der Waals surface area contributed by atoms with Crippen LogP contribution in [-0.2, 0) is 0 Å². The van der Waals surface area contributed by atoms with Gasteiger partial charge in [0.25, 0.3) is 0 Å². The lowest BCUT2D eigenvalue weighted by molar-refractivity contribution is 0.292. The van der Waals surface area contributed by atoms with E-state index in [1.54, 1.807) is 23.5 Å². The van der Waals surface area contributed by atoms with E-state index in [0.717, 1.165) is 10.8 Å². The third kappa shape index (κ3) is 2.36. The minimum absolute atomic E-state index is 0.444. The summed E-state index contributed by atoms with van der Waals surface area (Å²) in [5, 5.41) is 0.995. The van der Waals surface area contributed by atoms with Crippen molar-refractivity contribution in [1.29, 1.82) is 0 Å². The molecule has 1 fully saturated rings. The van der Waals surface area contributed by atoms with Crippen molar-refractivity contribution < 1.29 is 4.74 Å². The van der Waals surface area contributed by atoms with Gasteiger partial charge in [-0.2, -0.15) is 0 Å². The highest BCUT2D eigenvalue weighted by molar-refractivity contribution is 7.99. The molecular weight excluding hydrogens is 214 g/mol. The summed E-state index contributed by atoms with van der Waals surface area (Å²) in [5.74, 6) is 0.951. The molecule has 76 valence electrons. The number of ether oxygens (including phenoxy) is 1. The topological polar surface area (TPSA) is 22.1 Å². The van der Waals surface area contributed by atoms with Gasteiger partial charge in [-0.25, -0.2) is 4.98 Å². The number of hydrogen-bond acceptors (Lipinski definition) is 4. The summed E-state index contributed by atoms with van der Waals surface area (Å²) in [5.41, 5.74) is 0. The molecule has 1 aliphatic rings. The van der Waals surface area contributed by atoms with Crippen molar-refractivity contribution in [3.63, 3.8) is 0 Å². The first-order valence-electron chi connectivity index (χ1n) is 4.58. The molecule has 14 heavy (non-hydrogen) atoms. The van der Waals surface area contributed by atoms with E-state index in [1.165, 1.54) is 17.7 Å². The minimum Gasteiger partial charge on any atom is -0.488 e. The molecule has 1 aromatic rings. The maximum atomic E-state index is 5.79. The Morgan fingerprint density at radius 2 is 2.14 bits per heavy atom. The first-order valence-corrected chi connectivity index (χ1v) is 7.03. The van der Waals surface area contributed by atoms with Crippen molar-refractivity contribution in [3.8, 4) is 5.75 Å². The highest BCUT2D eigenvalue weighted by Gasteiger charge is 2.24. The Hall–Kier alpha value is -0.350. The quantitative estimate of drug-likeness (QED) is 0.737. The summed E-state index contributed by atoms with van der Waals surface area (Å²) >= 11 is 3.34. The van der Waals surface area contributed by atoms with Gasteiger partial charge in [-0.1, -0.05) is 0 Å². The minimum atomic E-state index is 0.444. The van der Waals surface area contributed by atoms with Gasteiger partial charge in [0.1, 0.15) is 5.03 Å². The lowest BCUT2D eigenvalue weighted by atomic mass is 10.4. The molecule has 0 bridgehead atoms. The number of aromatic nitrogens is 1. The second-order valence-electron chi connectivity index (χ2n) is 3.20. The molecule has 1 aromatic heterocycles. The number of thioether (sulfide) groups is 2. The van der Waals surface area contributed by atoms with Crippen molar-refractivity contribution in [1.82, 2.24) is 4.98 Å². The fourth-order valence-corrected chi connectivity index (χ4v) is 1.98. The molecule has 0 amide bonds. The average molecular weight is 227 g/mol. The Kier molecular flexibility index (Phi) is 3.23. The highest BCUT2D eigenvalue weighted by Crippen LogP contribution is 2.34. The van der Waals surface area contributed by atoms with E-state index < -0.39 is 0 Å². The molecule has 0 unspecified atom stereocenters. The molecule has 1 aliphatic carbocycles. The summed E-state index contributed by atoms with van der Waals surface area (Å²) in [6.07, 6.45) is 8.81. The van der Waals surface area contributed by atoms with Crippen LogP contribution in [0.15, 0.2) is 22.2 Å². The van der Waals surface area contributed by atoms with Gasteiger partial charge in [0, 0.05) is 11.1 Å². The fraction of sp³-hybridized carbons (Fsp3) is 0.500. The molecule has 1 saturated carbocycles. The predicted octanol–water partition coefficient (Wildman–Crippen LogP) is 3.07. The smallest absolute Gasteiger partial charge is 0.153 e. The lowest BCUT2D eigenvalue weighted by Gasteiger charge is -2.09. The molecule has 2 rings (SSSR count). The monoisotopic (exact) mass is 227 g/mol. The first-order chi connectivity index (χ1) is 6.83. The van der Waals surface area contributed by atoms with Crippen molar-refractivity contribution in [2.24, 2.45) is 0 Å². The SMILES string of the molecule is CSc1cnc(SC)c(OC2CC2)c1. The van der Waals surface area contributed by atoms with E-state index in [0.29, 0.717) is 6.10 Å². The predicted molar refractivity (Wildman–Crippen MR) is 61.4 cm³/mol. The van der Waals surface area contributed by atoms with Crippen molar-refractivity contribution in [2.45, 2.75) is 28.9 Å². The van der Waals surface area contributed by atoms with Gasteiger partial charge in [0.15, 0.2) is 5.75 Å². The zero-order valence-electron chi connectivity index (χ0n) is 8.32. The second kappa shape index (κ2) is 4.45. The van der Waals surface area contributed by atoms with Crippen LogP contribution in [0.3, 0.4) is 0 Å². The molecule has 0 atom stereocenters. The molecule has 0 radical (unpaired) electrons. The molecule has 0 aromatic carbocycles. The normalized spacial score (nSPS) is 15.6. The van der Waals surface area contributed by atoms with Gasteiger partial charge in [0.05, 0.1) is 6.10 Å². The van der Waals surface area contributed by atoms with Crippen molar-refractivity contribution >= 4 is 23.5 Å². The number of rotatable bonds is 4. The van der Waals surface area contributed by atoms with Gasteiger partial charge >= 0.3 is 0 Å². The van der Waals surface area contributed by atoms with Crippen LogP contribution in [0, 0.1) is 0 Å². The Labute approximate surface area is 92.8 Å². The summed E-state index contributed by atoms with van der Waals surface area (Å²) in [6.45, 7) is 0. The molecule has 0 spiro atoms. The summed E-state index contributed by atoms with van der Waals surface area (Å²) in [6, 6.07) is 2.09. The maximum absolute atomic E-state index is 5.79. The maximum Gasteiger partial charge on any atom is 0.153 e. The van der Waals surface area contributed by atoms with E-state index in [4.69, 9.17) is 4.74 Å². The number of pyridine rings is 1. The molecule has 0 aliphatic heterocycles. The summed E-state index contributed by atoms with van der Waals surface area (Å²) in [4.78, 5) is 5.53. The average Bonchev–Trinajstić information content (AvgIpc) is 3.01. The Balaban J connectivity index is 2.21. The van der Waals surface area contributed by atoms with E-state index in [2.05, 4.69) is 17.3 Å². The van der Waals surface area contributed by atoms with Gasteiger partial charge in [-0.05, 0) is 31.4 Å². The molecular formula is C10H13NOS2.